The first-order valence-corrected chi connectivity index (χ1v) is 9.14. The van der Waals surface area contributed by atoms with E-state index in [9.17, 15) is 4.79 Å². The Bertz CT molecular complexity index is 693. The molecule has 1 aromatic carbocycles. The fourth-order valence-electron chi connectivity index (χ4n) is 2.91. The van der Waals surface area contributed by atoms with Crippen LogP contribution < -0.4 is 14.8 Å². The van der Waals surface area contributed by atoms with Crippen molar-refractivity contribution in [2.75, 3.05) is 20.3 Å². The Morgan fingerprint density at radius 2 is 2.04 bits per heavy atom. The topological polar surface area (TPSA) is 47.6 Å². The van der Waals surface area contributed by atoms with Crippen LogP contribution in [0.1, 0.15) is 33.5 Å². The molecule has 1 atom stereocenters. The van der Waals surface area contributed by atoms with Crippen LogP contribution in [0.15, 0.2) is 30.3 Å². The highest BCUT2D eigenvalue weighted by atomic mass is 32.1. The Balaban J connectivity index is 1.45. The smallest absolute Gasteiger partial charge is 0.261 e. The monoisotopic (exact) mass is 345 g/mol. The van der Waals surface area contributed by atoms with Gasteiger partial charge >= 0.3 is 0 Å². The molecule has 1 heterocycles. The lowest BCUT2D eigenvalue weighted by atomic mass is 9.90. The minimum absolute atomic E-state index is 0.000356. The van der Waals surface area contributed by atoms with Crippen molar-refractivity contribution in [2.45, 2.75) is 26.2 Å². The van der Waals surface area contributed by atoms with Crippen LogP contribution in [0.5, 0.6) is 11.5 Å². The molecule has 4 nitrogen and oxygen atoms in total. The van der Waals surface area contributed by atoms with E-state index in [-0.39, 0.29) is 5.91 Å². The average molecular weight is 345 g/mol. The third-order valence-corrected chi connectivity index (χ3v) is 5.50. The normalized spacial score (nSPS) is 16.3. The zero-order valence-electron chi connectivity index (χ0n) is 14.1. The maximum absolute atomic E-state index is 12.3. The zero-order valence-corrected chi connectivity index (χ0v) is 14.9. The van der Waals surface area contributed by atoms with Gasteiger partial charge in [0, 0.05) is 4.88 Å². The summed E-state index contributed by atoms with van der Waals surface area (Å²) in [7, 11) is 1.63. The molecule has 1 aliphatic rings. The van der Waals surface area contributed by atoms with Crippen molar-refractivity contribution in [3.63, 3.8) is 0 Å². The van der Waals surface area contributed by atoms with Gasteiger partial charge in [-0.1, -0.05) is 6.92 Å². The molecule has 0 unspecified atom stereocenters. The van der Waals surface area contributed by atoms with Gasteiger partial charge in [-0.3, -0.25) is 4.79 Å². The highest BCUT2D eigenvalue weighted by Gasteiger charge is 2.20. The molecule has 0 bridgehead atoms. The van der Waals surface area contributed by atoms with E-state index >= 15 is 0 Å². The third kappa shape index (κ3) is 4.09. The second kappa shape index (κ2) is 7.71. The summed E-state index contributed by atoms with van der Waals surface area (Å²) in [4.78, 5) is 14.5. The van der Waals surface area contributed by atoms with E-state index in [1.165, 1.54) is 16.9 Å². The Kier molecular flexibility index (Phi) is 5.41. The lowest BCUT2D eigenvalue weighted by molar-refractivity contribution is 0.0951. The third-order valence-electron chi connectivity index (χ3n) is 4.27. The standard InChI is InChI=1S/C19H23NO3S/c1-13-3-8-17-14(11-13)12-18(24-17)19(21)20-9-10-23-16-6-4-15(22-2)5-7-16/h4-7,12-13H,3,8-11H2,1-2H3,(H,20,21)/t13-/m0/s1. The van der Waals surface area contributed by atoms with Crippen molar-refractivity contribution in [3.8, 4) is 11.5 Å². The van der Waals surface area contributed by atoms with Crippen LogP contribution in [0.2, 0.25) is 0 Å². The van der Waals surface area contributed by atoms with Gasteiger partial charge in [0.1, 0.15) is 18.1 Å². The minimum Gasteiger partial charge on any atom is -0.497 e. The molecule has 0 saturated heterocycles. The molecule has 0 aliphatic heterocycles. The van der Waals surface area contributed by atoms with Crippen LogP contribution in [-0.2, 0) is 12.8 Å². The first-order valence-electron chi connectivity index (χ1n) is 8.32. The van der Waals surface area contributed by atoms with Gasteiger partial charge in [-0.05, 0) is 61.1 Å². The predicted octanol–water partition coefficient (Wildman–Crippen LogP) is 3.69. The molecular weight excluding hydrogens is 322 g/mol. The maximum atomic E-state index is 12.3. The van der Waals surface area contributed by atoms with Crippen LogP contribution >= 0.6 is 11.3 Å². The van der Waals surface area contributed by atoms with E-state index in [4.69, 9.17) is 9.47 Å². The van der Waals surface area contributed by atoms with Gasteiger partial charge in [0.25, 0.3) is 5.91 Å². The van der Waals surface area contributed by atoms with Gasteiger partial charge in [0.05, 0.1) is 18.5 Å². The summed E-state index contributed by atoms with van der Waals surface area (Å²) in [6, 6.07) is 9.48. The fourth-order valence-corrected chi connectivity index (χ4v) is 4.03. The number of carbonyl (C=O) groups excluding carboxylic acids is 1. The summed E-state index contributed by atoms with van der Waals surface area (Å²) >= 11 is 1.64. The van der Waals surface area contributed by atoms with Gasteiger partial charge in [0.15, 0.2) is 0 Å². The molecule has 1 N–H and O–H groups in total. The number of amides is 1. The molecule has 0 spiro atoms. The molecule has 0 saturated carbocycles. The number of thiophene rings is 1. The van der Waals surface area contributed by atoms with E-state index in [2.05, 4.69) is 18.3 Å². The Morgan fingerprint density at radius 1 is 1.29 bits per heavy atom. The van der Waals surface area contributed by atoms with Crippen molar-refractivity contribution in [1.82, 2.24) is 5.32 Å². The molecule has 0 radical (unpaired) electrons. The van der Waals surface area contributed by atoms with Crippen LogP contribution in [0.3, 0.4) is 0 Å². The Labute approximate surface area is 146 Å². The zero-order chi connectivity index (χ0) is 16.9. The van der Waals surface area contributed by atoms with Crippen molar-refractivity contribution >= 4 is 17.2 Å². The molecule has 1 amide bonds. The van der Waals surface area contributed by atoms with Gasteiger partial charge in [-0.15, -0.1) is 11.3 Å². The average Bonchev–Trinajstić information content (AvgIpc) is 3.02. The lowest BCUT2D eigenvalue weighted by Gasteiger charge is -2.16. The summed E-state index contributed by atoms with van der Waals surface area (Å²) in [6.45, 7) is 3.21. The number of benzene rings is 1. The summed E-state index contributed by atoms with van der Waals surface area (Å²) in [5, 5.41) is 2.93. The van der Waals surface area contributed by atoms with E-state index in [0.717, 1.165) is 35.1 Å². The number of nitrogens with one attached hydrogen (secondary N) is 1. The highest BCUT2D eigenvalue weighted by molar-refractivity contribution is 7.14. The number of rotatable bonds is 6. The lowest BCUT2D eigenvalue weighted by Crippen LogP contribution is -2.27. The van der Waals surface area contributed by atoms with Crippen LogP contribution in [-0.4, -0.2) is 26.2 Å². The van der Waals surface area contributed by atoms with Crippen molar-refractivity contribution in [3.05, 3.63) is 45.6 Å². The van der Waals surface area contributed by atoms with Crippen molar-refractivity contribution in [1.29, 1.82) is 0 Å². The molecule has 5 heteroatoms. The second-order valence-corrected chi connectivity index (χ2v) is 7.32. The first kappa shape index (κ1) is 16.8. The minimum atomic E-state index is 0.000356. The molecule has 1 aromatic heterocycles. The number of ether oxygens (including phenoxy) is 2. The molecule has 128 valence electrons. The van der Waals surface area contributed by atoms with E-state index in [1.54, 1.807) is 18.4 Å². The number of carbonyl (C=O) groups is 1. The van der Waals surface area contributed by atoms with Crippen LogP contribution in [0.4, 0.5) is 0 Å². The summed E-state index contributed by atoms with van der Waals surface area (Å²) in [5.41, 5.74) is 1.36. The summed E-state index contributed by atoms with van der Waals surface area (Å²) in [6.07, 6.45) is 3.43. The number of methoxy groups -OCH3 is 1. The first-order chi connectivity index (χ1) is 11.7. The van der Waals surface area contributed by atoms with E-state index in [0.29, 0.717) is 13.2 Å². The molecule has 2 aromatic rings. The molecule has 24 heavy (non-hydrogen) atoms. The SMILES string of the molecule is COc1ccc(OCCNC(=O)c2cc3c(s2)CC[C@H](C)C3)cc1. The Hall–Kier alpha value is -2.01. The largest absolute Gasteiger partial charge is 0.497 e. The highest BCUT2D eigenvalue weighted by Crippen LogP contribution is 2.32. The quantitative estimate of drug-likeness (QED) is 0.812. The number of aryl methyl sites for hydroxylation is 1. The molecule has 0 fully saturated rings. The number of hydrogen-bond acceptors (Lipinski definition) is 4. The second-order valence-electron chi connectivity index (χ2n) is 6.19. The number of fused-ring (bicyclic) bond motifs is 1. The van der Waals surface area contributed by atoms with E-state index < -0.39 is 0 Å². The summed E-state index contributed by atoms with van der Waals surface area (Å²) in [5.74, 6) is 2.29. The van der Waals surface area contributed by atoms with Crippen LogP contribution in [0, 0.1) is 5.92 Å². The van der Waals surface area contributed by atoms with Gasteiger partial charge < -0.3 is 14.8 Å². The molecule has 1 aliphatic carbocycles. The molecular formula is C19H23NO3S. The van der Waals surface area contributed by atoms with Crippen LogP contribution in [0.25, 0.3) is 0 Å². The molecule has 3 rings (SSSR count). The van der Waals surface area contributed by atoms with E-state index in [1.807, 2.05) is 24.3 Å². The predicted molar refractivity (Wildman–Crippen MR) is 96.3 cm³/mol. The number of hydrogen-bond donors (Lipinski definition) is 1. The Morgan fingerprint density at radius 3 is 2.79 bits per heavy atom. The van der Waals surface area contributed by atoms with Gasteiger partial charge in [-0.2, -0.15) is 0 Å². The van der Waals surface area contributed by atoms with Crippen molar-refractivity contribution in [2.24, 2.45) is 5.92 Å². The summed E-state index contributed by atoms with van der Waals surface area (Å²) < 4.78 is 10.7. The maximum Gasteiger partial charge on any atom is 0.261 e. The van der Waals surface area contributed by atoms with Gasteiger partial charge in [-0.25, -0.2) is 0 Å². The van der Waals surface area contributed by atoms with Crippen molar-refractivity contribution < 1.29 is 14.3 Å². The van der Waals surface area contributed by atoms with Gasteiger partial charge in [0.2, 0.25) is 0 Å². The fraction of sp³-hybridized carbons (Fsp3) is 0.421.